The van der Waals surface area contributed by atoms with Gasteiger partial charge in [-0.05, 0) is 164 Å². The fourth-order valence-electron chi connectivity index (χ4n) is 12.1. The van der Waals surface area contributed by atoms with E-state index in [-0.39, 0.29) is 5.54 Å². The van der Waals surface area contributed by atoms with Crippen molar-refractivity contribution in [1.82, 2.24) is 4.57 Å². The van der Waals surface area contributed by atoms with E-state index in [2.05, 4.69) is 347 Å². The predicted octanol–water partition coefficient (Wildman–Crippen LogP) is 20.6. The molecule has 5 heteroatoms. The average Bonchev–Trinajstić information content (AvgIpc) is 4.09. The van der Waals surface area contributed by atoms with Crippen LogP contribution in [0.3, 0.4) is 0 Å². The van der Waals surface area contributed by atoms with Crippen LogP contribution in [0, 0.1) is 0 Å². The van der Waals surface area contributed by atoms with Gasteiger partial charge in [-0.1, -0.05) is 176 Å². The Labute approximate surface area is 467 Å². The number of nitrogens with zero attached hydrogens (tertiary/aromatic N) is 5. The number of benzene rings is 12. The molecule has 0 bridgehead atoms. The van der Waals surface area contributed by atoms with E-state index in [4.69, 9.17) is 0 Å². The molecule has 0 radical (unpaired) electrons. The SMILES string of the molecule is CC1(N(c2ccccc2)c2cccc3ccccc23)C=CC(N(c2ccccc2)c2ccc3c(c2)c2cc(N(c4ccccc4)c4ccc(N(c5ccccc5)c5cccc6ccccc56)cc4)ccc2n3-c2ccccc2)=CC1. The van der Waals surface area contributed by atoms with E-state index in [1.807, 2.05) is 0 Å². The smallest absolute Gasteiger partial charge is 0.0644 e. The molecule has 80 heavy (non-hydrogen) atoms. The van der Waals surface area contributed by atoms with Crippen LogP contribution in [-0.4, -0.2) is 10.1 Å². The van der Waals surface area contributed by atoms with Crippen molar-refractivity contribution in [2.75, 3.05) is 19.6 Å². The Hall–Kier alpha value is -10.4. The van der Waals surface area contributed by atoms with Gasteiger partial charge in [0.1, 0.15) is 0 Å². The van der Waals surface area contributed by atoms with Gasteiger partial charge in [0.05, 0.1) is 22.3 Å². The van der Waals surface area contributed by atoms with Crippen LogP contribution in [0.4, 0.5) is 56.9 Å². The summed E-state index contributed by atoms with van der Waals surface area (Å²) < 4.78 is 2.41. The van der Waals surface area contributed by atoms with Crippen molar-refractivity contribution in [3.8, 4) is 5.69 Å². The second kappa shape index (κ2) is 20.5. The Morgan fingerprint density at radius 3 is 1.26 bits per heavy atom. The van der Waals surface area contributed by atoms with Crippen LogP contribution in [0.2, 0.25) is 0 Å². The van der Waals surface area contributed by atoms with Crippen LogP contribution < -0.4 is 19.6 Å². The molecule has 0 amide bonds. The lowest BCUT2D eigenvalue weighted by Crippen LogP contribution is -2.43. The fraction of sp³-hybridized carbons (Fsp3) is 0.0400. The molecule has 1 unspecified atom stereocenters. The maximum atomic E-state index is 2.52. The minimum absolute atomic E-state index is 0.371. The molecule has 0 saturated heterocycles. The maximum absolute atomic E-state index is 2.52. The molecular weight excluding hydrogens is 971 g/mol. The lowest BCUT2D eigenvalue weighted by molar-refractivity contribution is 0.568. The highest BCUT2D eigenvalue weighted by molar-refractivity contribution is 6.12. The first kappa shape index (κ1) is 48.0. The number of rotatable bonds is 13. The van der Waals surface area contributed by atoms with Crippen LogP contribution in [-0.2, 0) is 0 Å². The van der Waals surface area contributed by atoms with E-state index in [1.165, 1.54) is 27.2 Å². The zero-order chi connectivity index (χ0) is 53.4. The molecule has 1 aliphatic rings. The second-order valence-electron chi connectivity index (χ2n) is 20.8. The summed E-state index contributed by atoms with van der Waals surface area (Å²) in [5, 5.41) is 7.18. The van der Waals surface area contributed by atoms with Gasteiger partial charge in [-0.2, -0.15) is 0 Å². The molecular formula is C75H57N5. The predicted molar refractivity (Wildman–Crippen MR) is 339 cm³/mol. The van der Waals surface area contributed by atoms with E-state index in [1.54, 1.807) is 0 Å². The second-order valence-corrected chi connectivity index (χ2v) is 20.8. The summed E-state index contributed by atoms with van der Waals surface area (Å²) in [4.78, 5) is 9.69. The van der Waals surface area contributed by atoms with Crippen molar-refractivity contribution < 1.29 is 0 Å². The summed E-state index contributed by atoms with van der Waals surface area (Å²) in [7, 11) is 0. The Balaban J connectivity index is 0.889. The van der Waals surface area contributed by atoms with Gasteiger partial charge in [0.15, 0.2) is 0 Å². The van der Waals surface area contributed by atoms with E-state index in [9.17, 15) is 0 Å². The molecule has 5 nitrogen and oxygen atoms in total. The highest BCUT2D eigenvalue weighted by Gasteiger charge is 2.34. The van der Waals surface area contributed by atoms with Gasteiger partial charge in [0, 0.05) is 84.1 Å². The minimum Gasteiger partial charge on any atom is -0.331 e. The van der Waals surface area contributed by atoms with E-state index in [0.717, 1.165) is 90.8 Å². The Bertz CT molecular complexity index is 4390. The third-order valence-corrected chi connectivity index (χ3v) is 15.8. The molecule has 1 aromatic heterocycles. The monoisotopic (exact) mass is 1030 g/mol. The van der Waals surface area contributed by atoms with Gasteiger partial charge in [-0.15, -0.1) is 0 Å². The van der Waals surface area contributed by atoms with Gasteiger partial charge in [0.2, 0.25) is 0 Å². The normalized spacial score (nSPS) is 14.1. The van der Waals surface area contributed by atoms with Gasteiger partial charge in [-0.25, -0.2) is 0 Å². The number of hydrogen-bond acceptors (Lipinski definition) is 4. The van der Waals surface area contributed by atoms with Gasteiger partial charge in [0.25, 0.3) is 0 Å². The van der Waals surface area contributed by atoms with Gasteiger partial charge >= 0.3 is 0 Å². The minimum atomic E-state index is -0.371. The van der Waals surface area contributed by atoms with Crippen LogP contribution >= 0.6 is 0 Å². The summed E-state index contributed by atoms with van der Waals surface area (Å²) >= 11 is 0. The number of hydrogen-bond donors (Lipinski definition) is 0. The zero-order valence-electron chi connectivity index (χ0n) is 44.5. The first-order valence-electron chi connectivity index (χ1n) is 27.6. The lowest BCUT2D eigenvalue weighted by Gasteiger charge is -2.43. The highest BCUT2D eigenvalue weighted by atomic mass is 15.2. The van der Waals surface area contributed by atoms with Crippen molar-refractivity contribution in [2.24, 2.45) is 0 Å². The number of fused-ring (bicyclic) bond motifs is 5. The highest BCUT2D eigenvalue weighted by Crippen LogP contribution is 2.47. The largest absolute Gasteiger partial charge is 0.331 e. The van der Waals surface area contributed by atoms with E-state index < -0.39 is 0 Å². The summed E-state index contributed by atoms with van der Waals surface area (Å²) in [5.41, 5.74) is 15.2. The average molecular weight is 1030 g/mol. The molecule has 0 N–H and O–H groups in total. The van der Waals surface area contributed by atoms with Crippen molar-refractivity contribution in [1.29, 1.82) is 0 Å². The molecule has 382 valence electrons. The molecule has 14 rings (SSSR count). The summed E-state index contributed by atoms with van der Waals surface area (Å²) in [5.74, 6) is 0. The summed E-state index contributed by atoms with van der Waals surface area (Å²) in [6, 6.07) is 107. The lowest BCUT2D eigenvalue weighted by atomic mass is 9.88. The summed E-state index contributed by atoms with van der Waals surface area (Å²) in [6.07, 6.45) is 7.95. The Kier molecular flexibility index (Phi) is 12.3. The zero-order valence-corrected chi connectivity index (χ0v) is 44.5. The molecule has 13 aromatic rings. The first-order valence-corrected chi connectivity index (χ1v) is 27.6. The third kappa shape index (κ3) is 8.72. The topological polar surface area (TPSA) is 17.9 Å². The molecule has 0 saturated carbocycles. The third-order valence-electron chi connectivity index (χ3n) is 15.8. The maximum Gasteiger partial charge on any atom is 0.0644 e. The van der Waals surface area contributed by atoms with Gasteiger partial charge in [-0.3, -0.25) is 0 Å². The molecule has 0 spiro atoms. The van der Waals surface area contributed by atoms with E-state index in [0.29, 0.717) is 0 Å². The van der Waals surface area contributed by atoms with Crippen molar-refractivity contribution in [3.63, 3.8) is 0 Å². The fourth-order valence-corrected chi connectivity index (χ4v) is 12.1. The van der Waals surface area contributed by atoms with Crippen LogP contribution in [0.25, 0.3) is 49.0 Å². The standard InChI is InChI=1S/C75H57N5/c1-75(80(64-35-15-6-16-36-64)74-40-22-26-56-24-18-20-38-68(56)74)51-49-63(50-52-75)77(58-29-9-3-10-30-58)66-46-48-73-70(54-66)69-53-65(45-47-72(69)79(73)60-33-13-5-14-34-60)76(57-27-7-2-8-28-57)61-41-43-62(44-42-61)78(59-31-11-4-12-32-59)71-39-21-25-55-23-17-19-37-67(55)71/h2-51,53-54H,52H2,1H3. The van der Waals surface area contributed by atoms with Crippen LogP contribution in [0.15, 0.2) is 321 Å². The Morgan fingerprint density at radius 2 is 0.725 bits per heavy atom. The van der Waals surface area contributed by atoms with Gasteiger partial charge < -0.3 is 24.2 Å². The molecule has 1 heterocycles. The van der Waals surface area contributed by atoms with Crippen molar-refractivity contribution in [2.45, 2.75) is 18.9 Å². The van der Waals surface area contributed by atoms with Crippen LogP contribution in [0.5, 0.6) is 0 Å². The summed E-state index contributed by atoms with van der Waals surface area (Å²) in [6.45, 7) is 2.36. The van der Waals surface area contributed by atoms with Crippen LogP contribution in [0.1, 0.15) is 13.3 Å². The molecule has 1 aliphatic carbocycles. The number of para-hydroxylation sites is 5. The molecule has 12 aromatic carbocycles. The first-order chi connectivity index (χ1) is 39.6. The number of anilines is 10. The molecule has 0 aliphatic heterocycles. The number of aromatic nitrogens is 1. The van der Waals surface area contributed by atoms with Crippen molar-refractivity contribution in [3.05, 3.63) is 321 Å². The van der Waals surface area contributed by atoms with E-state index >= 15 is 0 Å². The molecule has 0 fully saturated rings. The quantitative estimate of drug-likeness (QED) is 0.114. The number of allylic oxidation sites excluding steroid dienone is 1. The molecule has 1 atom stereocenters. The van der Waals surface area contributed by atoms with Crippen molar-refractivity contribution >= 4 is 100 Å². The Morgan fingerprint density at radius 1 is 0.325 bits per heavy atom.